The lowest BCUT2D eigenvalue weighted by Crippen LogP contribution is -2.68. The first-order chi connectivity index (χ1) is 26.8. The average Bonchev–Trinajstić information content (AvgIpc) is 3.13. The Bertz CT molecular complexity index is 1730. The van der Waals surface area contributed by atoms with Gasteiger partial charge in [-0.25, -0.2) is 9.59 Å². The largest absolute Gasteiger partial charge is 0.481 e. The van der Waals surface area contributed by atoms with E-state index in [9.17, 15) is 60.0 Å². The van der Waals surface area contributed by atoms with Gasteiger partial charge in [0.05, 0.1) is 11.5 Å². The number of fused-ring (bicyclic) bond motifs is 7. The zero-order valence-electron chi connectivity index (χ0n) is 34.4. The normalized spacial score (nSPS) is 52.6. The molecule has 16 nitrogen and oxygen atoms in total. The van der Waals surface area contributed by atoms with Crippen molar-refractivity contribution in [1.29, 1.82) is 0 Å². The number of ether oxygens (including phenoxy) is 4. The maximum atomic E-state index is 14.8. The van der Waals surface area contributed by atoms with Crippen LogP contribution in [0.4, 0.5) is 0 Å². The summed E-state index contributed by atoms with van der Waals surface area (Å²) >= 11 is 0. The third-order valence-corrected chi connectivity index (χ3v) is 17.2. The SMILES string of the molecule is CC1(C)[C@@H](O[C@@H]2O[C@H](C(=O)O)[C@H](O)[C@H](O)[C@@H]2O[C@@H]2O[C@H](C(=O)O)[C@H](O)[C@H](O)[C@@H]2O)CC[C@@]2(C)[C@H]3C(=O)C=C4[C@@H]5C[C@@](C)(C(=O)O)CC[C@]5(C)CC[C@@]4(C)[C@@]3(C)CC[C@@H]12. The standard InChI is InChI=1S/C42H62O16/c1-37(2)21-8-11-42(7)31(20(43)16-18-19-17-39(4,36(53)54)13-12-38(19,3)14-15-41(18,42)6)40(21,5)10-9-22(37)55-35-30(26(47)25(46)29(57-35)33(51)52)58-34-27(48)23(44)24(45)28(56-34)32(49)50/h16,19,21-31,34-35,44-48H,8-15,17H2,1-7H3,(H,49,50)(H,51,52)(H,53,54)/t19-,21-,22-,23-,24+,25+,26-,27-,28-,29-,30-,31+,34-,35+,38+,39-,40+,41+,42-/m0/s1. The summed E-state index contributed by atoms with van der Waals surface area (Å²) in [5.74, 6) is -4.47. The van der Waals surface area contributed by atoms with Gasteiger partial charge in [0.2, 0.25) is 0 Å². The minimum atomic E-state index is -2.05. The summed E-state index contributed by atoms with van der Waals surface area (Å²) in [6, 6.07) is 0. The number of carbonyl (C=O) groups excluding carboxylic acids is 1. The number of aliphatic hydroxyl groups excluding tert-OH is 5. The molecular formula is C42H62O16. The highest BCUT2D eigenvalue weighted by Gasteiger charge is 2.71. The van der Waals surface area contributed by atoms with Gasteiger partial charge in [0.25, 0.3) is 0 Å². The zero-order chi connectivity index (χ0) is 42.9. The van der Waals surface area contributed by atoms with Crippen molar-refractivity contribution in [3.63, 3.8) is 0 Å². The molecule has 8 N–H and O–H groups in total. The van der Waals surface area contributed by atoms with Crippen molar-refractivity contribution in [3.8, 4) is 0 Å². The van der Waals surface area contributed by atoms with Crippen molar-refractivity contribution in [2.75, 3.05) is 0 Å². The predicted molar refractivity (Wildman–Crippen MR) is 199 cm³/mol. The Kier molecular flexibility index (Phi) is 10.7. The van der Waals surface area contributed by atoms with Crippen molar-refractivity contribution >= 4 is 23.7 Å². The van der Waals surface area contributed by atoms with Crippen LogP contribution in [0.15, 0.2) is 11.6 Å². The van der Waals surface area contributed by atoms with Gasteiger partial charge in [0.1, 0.15) is 36.6 Å². The van der Waals surface area contributed by atoms with Crippen LogP contribution in [0.2, 0.25) is 0 Å². The van der Waals surface area contributed by atoms with Crippen LogP contribution in [0.5, 0.6) is 0 Å². The highest BCUT2D eigenvalue weighted by Crippen LogP contribution is 2.75. The Balaban J connectivity index is 1.17. The Hall–Kier alpha value is -2.54. The molecule has 16 heteroatoms. The lowest BCUT2D eigenvalue weighted by atomic mass is 9.33. The molecule has 58 heavy (non-hydrogen) atoms. The number of carboxylic acids is 3. The second-order valence-corrected chi connectivity index (χ2v) is 20.6. The van der Waals surface area contributed by atoms with Crippen LogP contribution in [0.25, 0.3) is 0 Å². The average molecular weight is 823 g/mol. The Morgan fingerprint density at radius 2 is 1.28 bits per heavy atom. The Morgan fingerprint density at radius 1 is 0.690 bits per heavy atom. The monoisotopic (exact) mass is 822 g/mol. The number of carbonyl (C=O) groups is 4. The zero-order valence-corrected chi connectivity index (χ0v) is 34.4. The Labute approximate surface area is 337 Å². The molecule has 0 aromatic rings. The highest BCUT2D eigenvalue weighted by atomic mass is 16.8. The molecule has 2 heterocycles. The van der Waals surface area contributed by atoms with Crippen LogP contribution in [-0.4, -0.2) is 132 Å². The highest BCUT2D eigenvalue weighted by molar-refractivity contribution is 5.95. The van der Waals surface area contributed by atoms with Crippen molar-refractivity contribution in [1.82, 2.24) is 0 Å². The van der Waals surface area contributed by atoms with Crippen molar-refractivity contribution in [2.45, 2.75) is 174 Å². The minimum Gasteiger partial charge on any atom is -0.481 e. The van der Waals surface area contributed by atoms with E-state index in [1.165, 1.54) is 0 Å². The van der Waals surface area contributed by atoms with Gasteiger partial charge < -0.3 is 59.8 Å². The predicted octanol–water partition coefficient (Wildman–Crippen LogP) is 2.25. The molecular weight excluding hydrogens is 760 g/mol. The molecule has 0 amide bonds. The number of ketones is 1. The Morgan fingerprint density at radius 3 is 1.88 bits per heavy atom. The van der Waals surface area contributed by atoms with E-state index in [0.717, 1.165) is 37.7 Å². The topological polar surface area (TPSA) is 267 Å². The van der Waals surface area contributed by atoms with Gasteiger partial charge in [0.15, 0.2) is 30.6 Å². The lowest BCUT2D eigenvalue weighted by molar-refractivity contribution is -0.371. The molecule has 0 aromatic carbocycles. The number of aliphatic carboxylic acids is 3. The van der Waals surface area contributed by atoms with Crippen molar-refractivity contribution < 1.29 is 79.0 Å². The van der Waals surface area contributed by atoms with Crippen LogP contribution in [0, 0.1) is 50.2 Å². The summed E-state index contributed by atoms with van der Waals surface area (Å²) in [5, 5.41) is 83.0. The quantitative estimate of drug-likeness (QED) is 0.171. The van der Waals surface area contributed by atoms with Gasteiger partial charge in [-0.3, -0.25) is 9.59 Å². The molecule has 7 rings (SSSR count). The van der Waals surface area contributed by atoms with Gasteiger partial charge >= 0.3 is 17.9 Å². The van der Waals surface area contributed by atoms with Crippen LogP contribution < -0.4 is 0 Å². The summed E-state index contributed by atoms with van der Waals surface area (Å²) in [6.45, 7) is 14.8. The fourth-order valence-corrected chi connectivity index (χ4v) is 13.4. The fourth-order valence-electron chi connectivity index (χ4n) is 13.4. The summed E-state index contributed by atoms with van der Waals surface area (Å²) in [6.07, 6.45) is -12.2. The maximum absolute atomic E-state index is 14.8. The first-order valence-electron chi connectivity index (χ1n) is 20.7. The lowest BCUT2D eigenvalue weighted by Gasteiger charge is -2.70. The molecule has 2 aliphatic heterocycles. The number of hydrogen-bond acceptors (Lipinski definition) is 13. The number of hydrogen-bond donors (Lipinski definition) is 8. The van der Waals surface area contributed by atoms with E-state index >= 15 is 0 Å². The molecule has 326 valence electrons. The van der Waals surface area contributed by atoms with Gasteiger partial charge in [-0.1, -0.05) is 47.1 Å². The smallest absolute Gasteiger partial charge is 0.335 e. The fraction of sp³-hybridized carbons (Fsp3) is 0.857. The molecule has 4 saturated carbocycles. The van der Waals surface area contributed by atoms with Gasteiger partial charge in [-0.2, -0.15) is 0 Å². The minimum absolute atomic E-state index is 0.0217. The molecule has 0 unspecified atom stereocenters. The van der Waals surface area contributed by atoms with E-state index in [-0.39, 0.29) is 34.4 Å². The van der Waals surface area contributed by atoms with E-state index in [0.29, 0.717) is 25.7 Å². The maximum Gasteiger partial charge on any atom is 0.335 e. The summed E-state index contributed by atoms with van der Waals surface area (Å²) in [5.41, 5.74) is -1.81. The van der Waals surface area contributed by atoms with Gasteiger partial charge in [-0.05, 0) is 110 Å². The molecule has 2 saturated heterocycles. The van der Waals surface area contributed by atoms with E-state index in [2.05, 4.69) is 27.7 Å². The molecule has 6 fully saturated rings. The summed E-state index contributed by atoms with van der Waals surface area (Å²) in [7, 11) is 0. The molecule has 0 aromatic heterocycles. The molecule has 0 radical (unpaired) electrons. The molecule has 19 atom stereocenters. The van der Waals surface area contributed by atoms with Crippen LogP contribution >= 0.6 is 0 Å². The molecule has 0 spiro atoms. The van der Waals surface area contributed by atoms with Crippen LogP contribution in [-0.2, 0) is 38.1 Å². The second kappa shape index (κ2) is 14.3. The third kappa shape index (κ3) is 6.25. The van der Waals surface area contributed by atoms with Gasteiger partial charge in [0, 0.05) is 5.92 Å². The summed E-state index contributed by atoms with van der Waals surface area (Å²) in [4.78, 5) is 51.3. The first-order valence-corrected chi connectivity index (χ1v) is 20.7. The number of allylic oxidation sites excluding steroid dienone is 2. The second-order valence-electron chi connectivity index (χ2n) is 20.6. The van der Waals surface area contributed by atoms with E-state index < -0.39 is 107 Å². The molecule has 7 aliphatic rings. The van der Waals surface area contributed by atoms with Gasteiger partial charge in [-0.15, -0.1) is 0 Å². The van der Waals surface area contributed by atoms with E-state index in [1.807, 2.05) is 26.8 Å². The third-order valence-electron chi connectivity index (χ3n) is 17.2. The number of carboxylic acid groups (broad SMARTS) is 3. The van der Waals surface area contributed by atoms with Crippen molar-refractivity contribution in [2.24, 2.45) is 50.2 Å². The van der Waals surface area contributed by atoms with Crippen molar-refractivity contribution in [3.05, 3.63) is 11.6 Å². The van der Waals surface area contributed by atoms with Crippen LogP contribution in [0.1, 0.15) is 106 Å². The van der Waals surface area contributed by atoms with E-state index in [1.54, 1.807) is 0 Å². The first kappa shape index (κ1) is 43.5. The van der Waals surface area contributed by atoms with E-state index in [4.69, 9.17) is 18.9 Å². The number of aliphatic hydroxyl groups is 5. The molecule has 0 bridgehead atoms. The molecule has 5 aliphatic carbocycles. The summed E-state index contributed by atoms with van der Waals surface area (Å²) < 4.78 is 23.4. The van der Waals surface area contributed by atoms with Crippen LogP contribution in [0.3, 0.4) is 0 Å². The number of rotatable bonds is 7.